The van der Waals surface area contributed by atoms with Crippen LogP contribution in [0.4, 0.5) is 10.9 Å². The topological polar surface area (TPSA) is 96.0 Å². The number of H-pyrrole nitrogens is 1. The van der Waals surface area contributed by atoms with E-state index >= 15 is 0 Å². The molecule has 2 N–H and O–H groups in total. The number of amides is 1. The molecule has 1 fully saturated rings. The molecule has 0 aromatic carbocycles. The number of pyridine rings is 1. The molecule has 1 aliphatic heterocycles. The average molecular weight is 439 g/mol. The number of carbonyl (C=O) groups is 1. The lowest BCUT2D eigenvalue weighted by molar-refractivity contribution is -0.0248. The van der Waals surface area contributed by atoms with E-state index in [1.165, 1.54) is 6.42 Å². The van der Waals surface area contributed by atoms with Gasteiger partial charge in [-0.1, -0.05) is 12.5 Å². The predicted molar refractivity (Wildman–Crippen MR) is 119 cm³/mol. The molecule has 8 nitrogen and oxygen atoms in total. The minimum absolute atomic E-state index is 0.0137. The zero-order chi connectivity index (χ0) is 21.2. The van der Waals surface area contributed by atoms with Crippen LogP contribution in [0.1, 0.15) is 58.5 Å². The van der Waals surface area contributed by atoms with Crippen molar-refractivity contribution in [3.05, 3.63) is 51.9 Å². The van der Waals surface area contributed by atoms with Crippen LogP contribution in [0, 0.1) is 6.92 Å². The van der Waals surface area contributed by atoms with Crippen LogP contribution in [0.2, 0.25) is 0 Å². The molecule has 31 heavy (non-hydrogen) atoms. The second-order valence-electron chi connectivity index (χ2n) is 8.07. The van der Waals surface area contributed by atoms with E-state index in [2.05, 4.69) is 20.5 Å². The first-order valence-electron chi connectivity index (χ1n) is 10.8. The zero-order valence-electron chi connectivity index (χ0n) is 17.6. The Kier molecular flexibility index (Phi) is 5.69. The molecule has 1 aliphatic carbocycles. The Bertz CT molecular complexity index is 1080. The van der Waals surface area contributed by atoms with Crippen molar-refractivity contribution < 1.29 is 9.53 Å². The summed E-state index contributed by atoms with van der Waals surface area (Å²) < 4.78 is 5.98. The van der Waals surface area contributed by atoms with Crippen LogP contribution >= 0.6 is 11.3 Å². The molecular weight excluding hydrogens is 412 g/mol. The van der Waals surface area contributed by atoms with Gasteiger partial charge in [-0.05, 0) is 44.7 Å². The summed E-state index contributed by atoms with van der Waals surface area (Å²) >= 11 is 1.54. The fraction of sp³-hybridized carbons (Fsp3) is 0.455. The molecule has 0 spiro atoms. The summed E-state index contributed by atoms with van der Waals surface area (Å²) in [6.07, 6.45) is 5.09. The second kappa shape index (κ2) is 8.76. The molecular formula is C22H26N6O2S. The Hall–Kier alpha value is -2.78. The lowest BCUT2D eigenvalue weighted by Gasteiger charge is -2.32. The van der Waals surface area contributed by atoms with Gasteiger partial charge in [0.2, 0.25) is 0 Å². The molecule has 2 aliphatic rings. The number of nitrogens with zero attached hydrogens (tertiary/aromatic N) is 4. The van der Waals surface area contributed by atoms with Crippen LogP contribution in [0.5, 0.6) is 0 Å². The summed E-state index contributed by atoms with van der Waals surface area (Å²) in [5.41, 5.74) is 4.60. The number of aryl methyl sites for hydroxylation is 2. The van der Waals surface area contributed by atoms with Gasteiger partial charge in [-0.2, -0.15) is 5.10 Å². The van der Waals surface area contributed by atoms with Gasteiger partial charge >= 0.3 is 0 Å². The number of morpholine rings is 1. The SMILES string of the molecule is Cc1csc(Nc2cccc([C@@H]3CN(C(=O)c4n[nH]c5c4CCCCC5)CCO3)n2)n1. The molecule has 162 valence electrons. The largest absolute Gasteiger partial charge is 0.368 e. The third-order valence-electron chi connectivity index (χ3n) is 5.82. The maximum Gasteiger partial charge on any atom is 0.274 e. The summed E-state index contributed by atoms with van der Waals surface area (Å²) in [5, 5.41) is 13.5. The highest BCUT2D eigenvalue weighted by Gasteiger charge is 2.30. The van der Waals surface area contributed by atoms with Crippen LogP contribution in [-0.4, -0.2) is 50.7 Å². The van der Waals surface area contributed by atoms with Gasteiger partial charge in [0.15, 0.2) is 10.8 Å². The van der Waals surface area contributed by atoms with Crippen molar-refractivity contribution in [3.8, 4) is 0 Å². The second-order valence-corrected chi connectivity index (χ2v) is 8.93. The molecule has 4 heterocycles. The number of rotatable bonds is 4. The average Bonchev–Trinajstić information content (AvgIpc) is 3.31. The number of carbonyl (C=O) groups excluding carboxylic acids is 1. The predicted octanol–water partition coefficient (Wildman–Crippen LogP) is 3.80. The summed E-state index contributed by atoms with van der Waals surface area (Å²) in [7, 11) is 0. The van der Waals surface area contributed by atoms with Gasteiger partial charge in [0.05, 0.1) is 24.5 Å². The Morgan fingerprint density at radius 1 is 1.26 bits per heavy atom. The van der Waals surface area contributed by atoms with E-state index in [0.29, 0.717) is 25.4 Å². The standard InChI is InChI=1S/C22H26N6O2S/c1-14-13-31-22(23-14)25-19-9-5-8-17(24-19)18-12-28(10-11-30-18)21(29)20-15-6-3-2-4-7-16(15)26-27-20/h5,8-9,13,18H,2-4,6-7,10-12H2,1H3,(H,26,27)(H,23,24,25)/t18-/m0/s1. The van der Waals surface area contributed by atoms with Crippen molar-refractivity contribution >= 4 is 28.2 Å². The van der Waals surface area contributed by atoms with Crippen molar-refractivity contribution in [2.45, 2.75) is 45.1 Å². The third-order valence-corrected chi connectivity index (χ3v) is 6.69. The Morgan fingerprint density at radius 3 is 3.03 bits per heavy atom. The monoisotopic (exact) mass is 438 g/mol. The lowest BCUT2D eigenvalue weighted by Crippen LogP contribution is -2.43. The molecule has 1 saturated heterocycles. The Labute approximate surface area is 185 Å². The van der Waals surface area contributed by atoms with Crippen molar-refractivity contribution in [3.63, 3.8) is 0 Å². The molecule has 0 radical (unpaired) electrons. The fourth-order valence-electron chi connectivity index (χ4n) is 4.22. The van der Waals surface area contributed by atoms with Crippen LogP contribution in [0.3, 0.4) is 0 Å². The number of fused-ring (bicyclic) bond motifs is 1. The van der Waals surface area contributed by atoms with Gasteiger partial charge in [0, 0.05) is 23.2 Å². The van der Waals surface area contributed by atoms with Crippen LogP contribution < -0.4 is 5.32 Å². The van der Waals surface area contributed by atoms with Gasteiger partial charge in [-0.15, -0.1) is 11.3 Å². The molecule has 3 aromatic rings. The molecule has 0 bridgehead atoms. The number of nitrogens with one attached hydrogen (secondary N) is 2. The Balaban J connectivity index is 1.31. The minimum Gasteiger partial charge on any atom is -0.368 e. The maximum atomic E-state index is 13.3. The number of hydrogen-bond donors (Lipinski definition) is 2. The number of ether oxygens (including phenoxy) is 1. The Morgan fingerprint density at radius 2 is 2.16 bits per heavy atom. The van der Waals surface area contributed by atoms with E-state index in [1.54, 1.807) is 11.3 Å². The molecule has 3 aromatic heterocycles. The van der Waals surface area contributed by atoms with Crippen LogP contribution in [0.15, 0.2) is 23.6 Å². The van der Waals surface area contributed by atoms with Crippen molar-refractivity contribution in [2.24, 2.45) is 0 Å². The van der Waals surface area contributed by atoms with Crippen molar-refractivity contribution in [1.29, 1.82) is 0 Å². The normalized spacial score (nSPS) is 19.0. The van der Waals surface area contributed by atoms with Gasteiger partial charge in [-0.25, -0.2) is 9.97 Å². The molecule has 0 saturated carbocycles. The van der Waals surface area contributed by atoms with Crippen LogP contribution in [0.25, 0.3) is 0 Å². The van der Waals surface area contributed by atoms with E-state index in [-0.39, 0.29) is 12.0 Å². The highest BCUT2D eigenvalue weighted by molar-refractivity contribution is 7.13. The quantitative estimate of drug-likeness (QED) is 0.602. The van der Waals surface area contributed by atoms with Crippen LogP contribution in [-0.2, 0) is 17.6 Å². The molecule has 0 unspecified atom stereocenters. The van der Waals surface area contributed by atoms with E-state index in [9.17, 15) is 4.79 Å². The van der Waals surface area contributed by atoms with Gasteiger partial charge < -0.3 is 15.0 Å². The maximum absolute atomic E-state index is 13.3. The van der Waals surface area contributed by atoms with Gasteiger partial charge in [0.25, 0.3) is 5.91 Å². The highest BCUT2D eigenvalue weighted by Crippen LogP contribution is 2.27. The smallest absolute Gasteiger partial charge is 0.274 e. The molecule has 1 atom stereocenters. The summed E-state index contributed by atoms with van der Waals surface area (Å²) in [6.45, 7) is 3.47. The first kappa shape index (κ1) is 20.1. The summed E-state index contributed by atoms with van der Waals surface area (Å²) in [5.74, 6) is 0.705. The van der Waals surface area contributed by atoms with E-state index in [1.807, 2.05) is 35.4 Å². The number of aromatic nitrogens is 4. The summed E-state index contributed by atoms with van der Waals surface area (Å²) in [4.78, 5) is 24.3. The lowest BCUT2D eigenvalue weighted by atomic mass is 10.1. The zero-order valence-corrected chi connectivity index (χ0v) is 18.4. The van der Waals surface area contributed by atoms with E-state index in [0.717, 1.165) is 59.3 Å². The van der Waals surface area contributed by atoms with E-state index < -0.39 is 0 Å². The molecule has 5 rings (SSSR count). The van der Waals surface area contributed by atoms with Gasteiger partial charge in [-0.3, -0.25) is 9.89 Å². The fourth-order valence-corrected chi connectivity index (χ4v) is 4.91. The number of aromatic amines is 1. The number of hydrogen-bond acceptors (Lipinski definition) is 7. The summed E-state index contributed by atoms with van der Waals surface area (Å²) in [6, 6.07) is 5.80. The molecule has 9 heteroatoms. The highest BCUT2D eigenvalue weighted by atomic mass is 32.1. The first-order chi connectivity index (χ1) is 15.2. The minimum atomic E-state index is -0.268. The van der Waals surface area contributed by atoms with Gasteiger partial charge in [0.1, 0.15) is 11.9 Å². The third kappa shape index (κ3) is 4.33. The number of anilines is 2. The van der Waals surface area contributed by atoms with Crippen molar-refractivity contribution in [2.75, 3.05) is 25.0 Å². The van der Waals surface area contributed by atoms with Crippen molar-refractivity contribution in [1.82, 2.24) is 25.1 Å². The number of thiazole rings is 1. The molecule has 1 amide bonds. The first-order valence-corrected chi connectivity index (χ1v) is 11.7. The van der Waals surface area contributed by atoms with E-state index in [4.69, 9.17) is 9.72 Å².